The minimum Gasteiger partial charge on any atom is -0.466 e. The molecule has 0 saturated carbocycles. The van der Waals surface area contributed by atoms with Crippen molar-refractivity contribution in [2.75, 3.05) is 24.6 Å². The third kappa shape index (κ3) is 5.59. The van der Waals surface area contributed by atoms with Crippen LogP contribution in [0.4, 0.5) is 10.1 Å². The lowest BCUT2D eigenvalue weighted by Crippen LogP contribution is -2.24. The van der Waals surface area contributed by atoms with Crippen molar-refractivity contribution in [2.45, 2.75) is 39.5 Å². The fourth-order valence-electron chi connectivity index (χ4n) is 2.14. The van der Waals surface area contributed by atoms with Crippen molar-refractivity contribution in [3.8, 4) is 0 Å². The van der Waals surface area contributed by atoms with Gasteiger partial charge in [0.25, 0.3) is 0 Å². The Morgan fingerprint density at radius 1 is 1.20 bits per heavy atom. The van der Waals surface area contributed by atoms with E-state index in [-0.39, 0.29) is 11.8 Å². The van der Waals surface area contributed by atoms with Crippen molar-refractivity contribution in [3.63, 3.8) is 0 Å². The molecule has 3 nitrogen and oxygen atoms in total. The number of ether oxygens (including phenoxy) is 1. The molecule has 0 bridgehead atoms. The molecule has 0 spiro atoms. The first-order valence-corrected chi connectivity index (χ1v) is 7.34. The van der Waals surface area contributed by atoms with Gasteiger partial charge >= 0.3 is 5.97 Å². The van der Waals surface area contributed by atoms with E-state index < -0.39 is 0 Å². The second-order valence-corrected chi connectivity index (χ2v) is 4.65. The summed E-state index contributed by atoms with van der Waals surface area (Å²) in [6.07, 6.45) is 3.19. The second kappa shape index (κ2) is 9.34. The van der Waals surface area contributed by atoms with Crippen molar-refractivity contribution < 1.29 is 13.9 Å². The van der Waals surface area contributed by atoms with Gasteiger partial charge in [-0.25, -0.2) is 4.39 Å². The van der Waals surface area contributed by atoms with Gasteiger partial charge in [-0.1, -0.05) is 18.6 Å². The van der Waals surface area contributed by atoms with Crippen molar-refractivity contribution in [1.82, 2.24) is 0 Å². The Kier molecular flexibility index (Phi) is 7.70. The molecule has 0 radical (unpaired) electrons. The number of carbonyl (C=O) groups excluding carboxylic acids is 1. The van der Waals surface area contributed by atoms with E-state index in [0.29, 0.717) is 18.7 Å². The van der Waals surface area contributed by atoms with Gasteiger partial charge in [0.05, 0.1) is 12.3 Å². The number of halogens is 1. The number of anilines is 1. The van der Waals surface area contributed by atoms with Crippen LogP contribution in [0, 0.1) is 5.82 Å². The number of benzene rings is 1. The number of hydrogen-bond acceptors (Lipinski definition) is 3. The number of para-hydroxylation sites is 1. The zero-order valence-electron chi connectivity index (χ0n) is 12.4. The van der Waals surface area contributed by atoms with Crippen LogP contribution in [0.3, 0.4) is 0 Å². The maximum absolute atomic E-state index is 13.7. The number of unbranched alkanes of at least 4 members (excludes halogenated alkanes) is 2. The molecule has 0 amide bonds. The lowest BCUT2D eigenvalue weighted by molar-refractivity contribution is -0.143. The third-order valence-corrected chi connectivity index (χ3v) is 3.19. The summed E-state index contributed by atoms with van der Waals surface area (Å²) in [7, 11) is 0. The fraction of sp³-hybridized carbons (Fsp3) is 0.562. The zero-order chi connectivity index (χ0) is 14.8. The molecule has 0 N–H and O–H groups in total. The average Bonchev–Trinajstić information content (AvgIpc) is 2.44. The highest BCUT2D eigenvalue weighted by Crippen LogP contribution is 2.19. The molecule has 1 aromatic carbocycles. The molecule has 4 heteroatoms. The van der Waals surface area contributed by atoms with Crippen LogP contribution < -0.4 is 4.90 Å². The first-order chi connectivity index (χ1) is 9.69. The smallest absolute Gasteiger partial charge is 0.305 e. The quantitative estimate of drug-likeness (QED) is 0.509. The summed E-state index contributed by atoms with van der Waals surface area (Å²) < 4.78 is 18.6. The van der Waals surface area contributed by atoms with E-state index >= 15 is 0 Å². The van der Waals surface area contributed by atoms with Gasteiger partial charge in [-0.15, -0.1) is 0 Å². The highest BCUT2D eigenvalue weighted by Gasteiger charge is 2.08. The van der Waals surface area contributed by atoms with Crippen molar-refractivity contribution in [2.24, 2.45) is 0 Å². The zero-order valence-corrected chi connectivity index (χ0v) is 12.4. The van der Waals surface area contributed by atoms with Crippen molar-refractivity contribution >= 4 is 11.7 Å². The number of hydrogen-bond donors (Lipinski definition) is 0. The summed E-state index contributed by atoms with van der Waals surface area (Å²) >= 11 is 0. The summed E-state index contributed by atoms with van der Waals surface area (Å²) in [5.41, 5.74) is 0.653. The van der Waals surface area contributed by atoms with Crippen LogP contribution in [0.25, 0.3) is 0 Å². The Hall–Kier alpha value is -1.58. The predicted octanol–water partition coefficient (Wildman–Crippen LogP) is 3.78. The molecule has 0 saturated heterocycles. The topological polar surface area (TPSA) is 29.5 Å². The van der Waals surface area contributed by atoms with Crippen LogP contribution in [0.5, 0.6) is 0 Å². The van der Waals surface area contributed by atoms with Gasteiger partial charge in [0.2, 0.25) is 0 Å². The number of rotatable bonds is 9. The molecular weight excluding hydrogens is 257 g/mol. The Morgan fingerprint density at radius 3 is 2.60 bits per heavy atom. The standard InChI is InChI=1S/C16H24FNO2/c1-3-18(15-11-8-7-10-14(15)17)13-9-5-6-12-16(19)20-4-2/h7-8,10-11H,3-6,9,12-13H2,1-2H3. The van der Waals surface area contributed by atoms with E-state index in [1.807, 2.05) is 24.8 Å². The average molecular weight is 281 g/mol. The van der Waals surface area contributed by atoms with Crippen LogP contribution in [0.15, 0.2) is 24.3 Å². The minimum atomic E-state index is -0.180. The predicted molar refractivity (Wildman–Crippen MR) is 79.4 cm³/mol. The molecule has 0 aromatic heterocycles. The van der Waals surface area contributed by atoms with Crippen LogP contribution in [-0.2, 0) is 9.53 Å². The number of carbonyl (C=O) groups is 1. The Balaban J connectivity index is 2.29. The summed E-state index contributed by atoms with van der Waals surface area (Å²) in [5, 5.41) is 0. The Bertz CT molecular complexity index is 409. The summed E-state index contributed by atoms with van der Waals surface area (Å²) in [4.78, 5) is 13.2. The molecule has 0 aliphatic heterocycles. The molecule has 112 valence electrons. The normalized spacial score (nSPS) is 10.3. The molecule has 20 heavy (non-hydrogen) atoms. The lowest BCUT2D eigenvalue weighted by Gasteiger charge is -2.23. The first-order valence-electron chi connectivity index (χ1n) is 7.34. The highest BCUT2D eigenvalue weighted by molar-refractivity contribution is 5.69. The third-order valence-electron chi connectivity index (χ3n) is 3.19. The van der Waals surface area contributed by atoms with Crippen LogP contribution >= 0.6 is 0 Å². The second-order valence-electron chi connectivity index (χ2n) is 4.65. The van der Waals surface area contributed by atoms with Gasteiger partial charge < -0.3 is 9.64 Å². The molecule has 0 atom stereocenters. The summed E-state index contributed by atoms with van der Waals surface area (Å²) in [6, 6.07) is 6.84. The Morgan fingerprint density at radius 2 is 1.95 bits per heavy atom. The maximum Gasteiger partial charge on any atom is 0.305 e. The van der Waals surface area contributed by atoms with Crippen LogP contribution in [0.2, 0.25) is 0 Å². The van der Waals surface area contributed by atoms with Crippen LogP contribution in [0.1, 0.15) is 39.5 Å². The van der Waals surface area contributed by atoms with Gasteiger partial charge in [0, 0.05) is 19.5 Å². The molecule has 0 heterocycles. The van der Waals surface area contributed by atoms with Crippen LogP contribution in [-0.4, -0.2) is 25.7 Å². The van der Waals surface area contributed by atoms with Gasteiger partial charge in [0.15, 0.2) is 0 Å². The Labute approximate surface area is 120 Å². The van der Waals surface area contributed by atoms with Crippen molar-refractivity contribution in [1.29, 1.82) is 0 Å². The first kappa shape index (κ1) is 16.5. The highest BCUT2D eigenvalue weighted by atomic mass is 19.1. The fourth-order valence-corrected chi connectivity index (χ4v) is 2.14. The SMILES string of the molecule is CCOC(=O)CCCCCN(CC)c1ccccc1F. The van der Waals surface area contributed by atoms with Gasteiger partial charge in [-0.3, -0.25) is 4.79 Å². The molecule has 0 aliphatic carbocycles. The molecular formula is C16H24FNO2. The van der Waals surface area contributed by atoms with Gasteiger partial charge in [-0.2, -0.15) is 0 Å². The lowest BCUT2D eigenvalue weighted by atomic mass is 10.1. The van der Waals surface area contributed by atoms with E-state index in [2.05, 4.69) is 0 Å². The van der Waals surface area contributed by atoms with Gasteiger partial charge in [0.1, 0.15) is 5.82 Å². The van der Waals surface area contributed by atoms with Crippen molar-refractivity contribution in [3.05, 3.63) is 30.1 Å². The molecule has 0 unspecified atom stereocenters. The largest absolute Gasteiger partial charge is 0.466 e. The number of esters is 1. The van der Waals surface area contributed by atoms with E-state index in [9.17, 15) is 9.18 Å². The summed E-state index contributed by atoms with van der Waals surface area (Å²) in [6.45, 7) is 5.85. The maximum atomic E-state index is 13.7. The molecule has 0 fully saturated rings. The summed E-state index contributed by atoms with van der Waals surface area (Å²) in [5.74, 6) is -0.310. The molecule has 0 aliphatic rings. The minimum absolute atomic E-state index is 0.131. The molecule has 1 aromatic rings. The van der Waals surface area contributed by atoms with Gasteiger partial charge in [-0.05, 0) is 38.8 Å². The number of nitrogens with zero attached hydrogens (tertiary/aromatic N) is 1. The monoisotopic (exact) mass is 281 g/mol. The van der Waals surface area contributed by atoms with E-state index in [0.717, 1.165) is 32.4 Å². The van der Waals surface area contributed by atoms with E-state index in [4.69, 9.17) is 4.74 Å². The van der Waals surface area contributed by atoms with E-state index in [1.165, 1.54) is 6.07 Å². The molecule has 1 rings (SSSR count). The van der Waals surface area contributed by atoms with E-state index in [1.54, 1.807) is 12.1 Å².